The molecule has 2 aromatic rings. The van der Waals surface area contributed by atoms with E-state index in [1.165, 1.54) is 11.3 Å². The summed E-state index contributed by atoms with van der Waals surface area (Å²) < 4.78 is 5.88. The van der Waals surface area contributed by atoms with Crippen LogP contribution in [0.25, 0.3) is 0 Å². The number of hydrogen-bond donors (Lipinski definition) is 2. The zero-order chi connectivity index (χ0) is 12.8. The van der Waals surface area contributed by atoms with Crippen molar-refractivity contribution in [3.05, 3.63) is 39.8 Å². The molecule has 1 aromatic carbocycles. The first-order chi connectivity index (χ1) is 8.78. The van der Waals surface area contributed by atoms with Crippen LogP contribution in [0.15, 0.2) is 30.5 Å². The molecule has 0 radical (unpaired) electrons. The van der Waals surface area contributed by atoms with Crippen LogP contribution in [0.3, 0.4) is 0 Å². The number of aliphatic hydroxyl groups excluding tert-OH is 1. The van der Waals surface area contributed by atoms with Gasteiger partial charge in [0.1, 0.15) is 12.4 Å². The molecule has 96 valence electrons. The van der Waals surface area contributed by atoms with E-state index >= 15 is 0 Å². The molecule has 0 bridgehead atoms. The Morgan fingerprint density at radius 1 is 1.44 bits per heavy atom. The molecule has 1 heterocycles. The number of thiazole rings is 1. The van der Waals surface area contributed by atoms with Gasteiger partial charge in [-0.25, -0.2) is 4.98 Å². The molecule has 0 aliphatic heterocycles. The normalized spacial score (nSPS) is 10.3. The summed E-state index contributed by atoms with van der Waals surface area (Å²) in [7, 11) is 0. The molecule has 0 aliphatic rings. The van der Waals surface area contributed by atoms with Gasteiger partial charge in [0.05, 0.1) is 13.2 Å². The van der Waals surface area contributed by atoms with Gasteiger partial charge in [-0.3, -0.25) is 0 Å². The number of benzene rings is 1. The molecule has 0 spiro atoms. The predicted molar refractivity (Wildman–Crippen MR) is 73.5 cm³/mol. The number of rotatable bonds is 6. The molecule has 2 rings (SSSR count). The van der Waals surface area contributed by atoms with Gasteiger partial charge >= 0.3 is 0 Å². The van der Waals surface area contributed by atoms with Gasteiger partial charge in [0.15, 0.2) is 4.47 Å². The number of aromatic nitrogens is 1. The van der Waals surface area contributed by atoms with Crippen LogP contribution in [0.2, 0.25) is 4.47 Å². The molecular weight excluding hydrogens is 272 g/mol. The van der Waals surface area contributed by atoms with E-state index in [0.29, 0.717) is 17.6 Å². The molecule has 0 unspecified atom stereocenters. The average Bonchev–Trinajstić information content (AvgIpc) is 2.80. The average molecular weight is 285 g/mol. The standard InChI is InChI=1S/C12H13ClN2O2S/c13-12-15-8-11(18-12)7-14-9-2-1-3-10(6-9)17-5-4-16/h1-3,6,8,14,16H,4-5,7H2. The highest BCUT2D eigenvalue weighted by molar-refractivity contribution is 7.15. The topological polar surface area (TPSA) is 54.4 Å². The van der Waals surface area contributed by atoms with Crippen LogP contribution in [0.1, 0.15) is 4.88 Å². The van der Waals surface area contributed by atoms with Crippen molar-refractivity contribution in [1.29, 1.82) is 0 Å². The monoisotopic (exact) mass is 284 g/mol. The Morgan fingerprint density at radius 2 is 2.33 bits per heavy atom. The quantitative estimate of drug-likeness (QED) is 0.856. The van der Waals surface area contributed by atoms with Crippen molar-refractivity contribution in [2.24, 2.45) is 0 Å². The van der Waals surface area contributed by atoms with Gasteiger partial charge in [-0.2, -0.15) is 0 Å². The summed E-state index contributed by atoms with van der Waals surface area (Å²) in [6.07, 6.45) is 1.76. The van der Waals surface area contributed by atoms with Crippen LogP contribution in [-0.4, -0.2) is 23.3 Å². The molecule has 0 atom stereocenters. The summed E-state index contributed by atoms with van der Waals surface area (Å²) in [5.41, 5.74) is 0.954. The van der Waals surface area contributed by atoms with Gasteiger partial charge < -0.3 is 15.2 Å². The number of ether oxygens (including phenoxy) is 1. The molecule has 0 saturated carbocycles. The maximum atomic E-state index is 8.69. The van der Waals surface area contributed by atoms with Crippen molar-refractivity contribution >= 4 is 28.6 Å². The van der Waals surface area contributed by atoms with Crippen LogP contribution in [0, 0.1) is 0 Å². The number of nitrogens with zero attached hydrogens (tertiary/aromatic N) is 1. The lowest BCUT2D eigenvalue weighted by molar-refractivity contribution is 0.201. The van der Waals surface area contributed by atoms with E-state index in [1.54, 1.807) is 6.20 Å². The van der Waals surface area contributed by atoms with Gasteiger partial charge in [-0.15, -0.1) is 11.3 Å². The lowest BCUT2D eigenvalue weighted by Crippen LogP contribution is -2.02. The first-order valence-electron chi connectivity index (χ1n) is 5.46. The summed E-state index contributed by atoms with van der Waals surface area (Å²) >= 11 is 7.21. The van der Waals surface area contributed by atoms with Crippen LogP contribution in [0.5, 0.6) is 5.75 Å². The predicted octanol–water partition coefficient (Wildman–Crippen LogP) is 2.78. The Hall–Kier alpha value is -1.30. The number of halogens is 1. The summed E-state index contributed by atoms with van der Waals surface area (Å²) in [6.45, 7) is 0.985. The molecular formula is C12H13ClN2O2S. The minimum atomic E-state index is 0.0109. The Kier molecular flexibility index (Phi) is 4.81. The van der Waals surface area contributed by atoms with E-state index in [4.69, 9.17) is 21.4 Å². The van der Waals surface area contributed by atoms with E-state index in [0.717, 1.165) is 16.3 Å². The highest BCUT2D eigenvalue weighted by Crippen LogP contribution is 2.21. The third-order valence-electron chi connectivity index (χ3n) is 2.19. The third kappa shape index (κ3) is 3.87. The van der Waals surface area contributed by atoms with Gasteiger partial charge in [0.2, 0.25) is 0 Å². The second-order valence-electron chi connectivity index (χ2n) is 3.53. The Labute approximate surface area is 114 Å². The summed E-state index contributed by atoms with van der Waals surface area (Å²) in [5, 5.41) is 12.0. The zero-order valence-corrected chi connectivity index (χ0v) is 11.2. The fourth-order valence-electron chi connectivity index (χ4n) is 1.41. The molecule has 0 aliphatic carbocycles. The lowest BCUT2D eigenvalue weighted by atomic mass is 10.3. The van der Waals surface area contributed by atoms with Crippen LogP contribution < -0.4 is 10.1 Å². The molecule has 6 heteroatoms. The maximum Gasteiger partial charge on any atom is 0.183 e. The van der Waals surface area contributed by atoms with E-state index < -0.39 is 0 Å². The van der Waals surface area contributed by atoms with Crippen molar-refractivity contribution in [1.82, 2.24) is 4.98 Å². The van der Waals surface area contributed by atoms with Crippen molar-refractivity contribution < 1.29 is 9.84 Å². The number of hydrogen-bond acceptors (Lipinski definition) is 5. The zero-order valence-electron chi connectivity index (χ0n) is 9.60. The van der Waals surface area contributed by atoms with Crippen LogP contribution in [-0.2, 0) is 6.54 Å². The van der Waals surface area contributed by atoms with Gasteiger partial charge in [-0.1, -0.05) is 17.7 Å². The summed E-state index contributed by atoms with van der Waals surface area (Å²) in [6, 6.07) is 7.59. The van der Waals surface area contributed by atoms with E-state index in [1.807, 2.05) is 24.3 Å². The third-order valence-corrected chi connectivity index (χ3v) is 3.30. The van der Waals surface area contributed by atoms with E-state index in [2.05, 4.69) is 10.3 Å². The highest BCUT2D eigenvalue weighted by atomic mass is 35.5. The van der Waals surface area contributed by atoms with Crippen LogP contribution >= 0.6 is 22.9 Å². The van der Waals surface area contributed by atoms with Gasteiger partial charge in [0, 0.05) is 22.8 Å². The first kappa shape index (κ1) is 13.1. The number of nitrogens with one attached hydrogen (secondary N) is 1. The number of aliphatic hydroxyl groups is 1. The smallest absolute Gasteiger partial charge is 0.183 e. The minimum absolute atomic E-state index is 0.0109. The minimum Gasteiger partial charge on any atom is -0.491 e. The molecule has 4 nitrogen and oxygen atoms in total. The Balaban J connectivity index is 1.92. The van der Waals surface area contributed by atoms with Crippen molar-refractivity contribution in [3.63, 3.8) is 0 Å². The first-order valence-corrected chi connectivity index (χ1v) is 6.65. The molecule has 1 aromatic heterocycles. The van der Waals surface area contributed by atoms with Crippen molar-refractivity contribution in [2.45, 2.75) is 6.54 Å². The van der Waals surface area contributed by atoms with E-state index in [9.17, 15) is 0 Å². The van der Waals surface area contributed by atoms with Gasteiger partial charge in [0.25, 0.3) is 0 Å². The van der Waals surface area contributed by atoms with E-state index in [-0.39, 0.29) is 6.61 Å². The number of anilines is 1. The fourth-order valence-corrected chi connectivity index (χ4v) is 2.33. The molecule has 0 amide bonds. The molecule has 2 N–H and O–H groups in total. The highest BCUT2D eigenvalue weighted by Gasteiger charge is 2.00. The Bertz CT molecular complexity index is 504. The molecule has 0 fully saturated rings. The Morgan fingerprint density at radius 3 is 3.06 bits per heavy atom. The maximum absolute atomic E-state index is 8.69. The van der Waals surface area contributed by atoms with Crippen LogP contribution in [0.4, 0.5) is 5.69 Å². The molecule has 18 heavy (non-hydrogen) atoms. The lowest BCUT2D eigenvalue weighted by Gasteiger charge is -2.08. The fraction of sp³-hybridized carbons (Fsp3) is 0.250. The second kappa shape index (κ2) is 6.58. The second-order valence-corrected chi connectivity index (χ2v) is 5.23. The summed E-state index contributed by atoms with van der Waals surface area (Å²) in [5.74, 6) is 0.733. The summed E-state index contributed by atoms with van der Waals surface area (Å²) in [4.78, 5) is 5.05. The van der Waals surface area contributed by atoms with Gasteiger partial charge in [-0.05, 0) is 12.1 Å². The largest absolute Gasteiger partial charge is 0.491 e. The van der Waals surface area contributed by atoms with Crippen molar-refractivity contribution in [2.75, 3.05) is 18.5 Å². The van der Waals surface area contributed by atoms with Crippen molar-refractivity contribution in [3.8, 4) is 5.75 Å². The SMILES string of the molecule is OCCOc1cccc(NCc2cnc(Cl)s2)c1. The molecule has 0 saturated heterocycles.